The molecular formula is C24H32N4O2S. The molecule has 1 unspecified atom stereocenters. The molecular weight excluding hydrogens is 408 g/mol. The summed E-state index contributed by atoms with van der Waals surface area (Å²) in [7, 11) is 0. The molecule has 7 heteroatoms. The Morgan fingerprint density at radius 2 is 2.03 bits per heavy atom. The lowest BCUT2D eigenvalue weighted by molar-refractivity contribution is -0.125. The Bertz CT molecular complexity index is 840. The molecule has 0 aliphatic carbocycles. The van der Waals surface area contributed by atoms with Gasteiger partial charge < -0.3 is 15.5 Å². The fourth-order valence-electron chi connectivity index (χ4n) is 3.64. The van der Waals surface area contributed by atoms with E-state index in [2.05, 4.69) is 33.5 Å². The molecule has 1 aliphatic rings. The number of carbonyl (C=O) groups excluding carboxylic acids is 2. The van der Waals surface area contributed by atoms with E-state index in [1.807, 2.05) is 30.3 Å². The van der Waals surface area contributed by atoms with Crippen molar-refractivity contribution in [3.05, 3.63) is 54.4 Å². The Labute approximate surface area is 189 Å². The quantitative estimate of drug-likeness (QED) is 0.547. The van der Waals surface area contributed by atoms with E-state index in [-0.39, 0.29) is 11.8 Å². The predicted octanol–water partition coefficient (Wildman–Crippen LogP) is 4.23. The first-order chi connectivity index (χ1) is 15.2. The van der Waals surface area contributed by atoms with Gasteiger partial charge >= 0.3 is 0 Å². The van der Waals surface area contributed by atoms with Crippen LogP contribution in [0.25, 0.3) is 0 Å². The smallest absolute Gasteiger partial charge is 0.246 e. The molecule has 3 rings (SSSR count). The summed E-state index contributed by atoms with van der Waals surface area (Å²) in [5.41, 5.74) is 2.99. The van der Waals surface area contributed by atoms with Crippen LogP contribution in [-0.4, -0.2) is 41.7 Å². The third-order valence-corrected chi connectivity index (χ3v) is 6.31. The fourth-order valence-corrected chi connectivity index (χ4v) is 4.42. The third-order valence-electron chi connectivity index (χ3n) is 5.31. The summed E-state index contributed by atoms with van der Waals surface area (Å²) in [6.45, 7) is 4.20. The van der Waals surface area contributed by atoms with E-state index in [1.165, 1.54) is 24.6 Å². The van der Waals surface area contributed by atoms with E-state index < -0.39 is 6.04 Å². The summed E-state index contributed by atoms with van der Waals surface area (Å²) in [5.74, 6) is 0.764. The van der Waals surface area contributed by atoms with E-state index >= 15 is 0 Å². The van der Waals surface area contributed by atoms with Crippen molar-refractivity contribution in [1.82, 2.24) is 10.3 Å². The van der Waals surface area contributed by atoms with Gasteiger partial charge in [0.05, 0.1) is 5.75 Å². The highest BCUT2D eigenvalue weighted by Gasteiger charge is 2.21. The molecule has 0 radical (unpaired) electrons. The number of benzene rings is 1. The molecule has 1 aromatic carbocycles. The zero-order chi connectivity index (χ0) is 21.9. The number of aromatic nitrogens is 1. The van der Waals surface area contributed by atoms with Gasteiger partial charge in [0.2, 0.25) is 11.8 Å². The molecule has 0 saturated carbocycles. The number of hydrogen-bond donors (Lipinski definition) is 2. The van der Waals surface area contributed by atoms with E-state index in [4.69, 9.17) is 0 Å². The highest BCUT2D eigenvalue weighted by atomic mass is 32.2. The van der Waals surface area contributed by atoms with Crippen LogP contribution in [0.15, 0.2) is 48.8 Å². The Hall–Kier alpha value is -2.54. The van der Waals surface area contributed by atoms with Gasteiger partial charge in [-0.25, -0.2) is 0 Å². The predicted molar refractivity (Wildman–Crippen MR) is 128 cm³/mol. The first kappa shape index (κ1) is 23.1. The van der Waals surface area contributed by atoms with Crippen LogP contribution in [0.4, 0.5) is 11.4 Å². The Morgan fingerprint density at radius 1 is 1.19 bits per heavy atom. The number of nitrogens with one attached hydrogen (secondary N) is 2. The van der Waals surface area contributed by atoms with Crippen molar-refractivity contribution in [1.29, 1.82) is 0 Å². The average Bonchev–Trinajstić information content (AvgIpc) is 3.32. The molecule has 31 heavy (non-hydrogen) atoms. The second-order valence-corrected chi connectivity index (χ2v) is 8.84. The summed E-state index contributed by atoms with van der Waals surface area (Å²) in [6, 6.07) is 11.3. The summed E-state index contributed by atoms with van der Waals surface area (Å²) in [6.07, 6.45) is 8.44. The van der Waals surface area contributed by atoms with Gasteiger partial charge in [0.15, 0.2) is 0 Å². The van der Waals surface area contributed by atoms with Crippen molar-refractivity contribution < 1.29 is 9.59 Å². The second kappa shape index (κ2) is 12.3. The van der Waals surface area contributed by atoms with Crippen LogP contribution in [0.3, 0.4) is 0 Å². The van der Waals surface area contributed by atoms with Gasteiger partial charge in [-0.15, -0.1) is 11.8 Å². The lowest BCUT2D eigenvalue weighted by atomic mass is 10.1. The summed E-state index contributed by atoms with van der Waals surface area (Å²) >= 11 is 1.52. The topological polar surface area (TPSA) is 74.3 Å². The maximum absolute atomic E-state index is 12.9. The lowest BCUT2D eigenvalue weighted by Gasteiger charge is -2.20. The van der Waals surface area contributed by atoms with E-state index in [9.17, 15) is 9.59 Å². The molecule has 1 atom stereocenters. The molecule has 2 heterocycles. The SMILES string of the molecule is CCCCC(NC(=O)CSCc1cccnc1)C(=O)Nc1cccc(N2CCCC2)c1. The number of pyridine rings is 1. The normalized spacial score (nSPS) is 14.3. The van der Waals surface area contributed by atoms with Gasteiger partial charge in [-0.2, -0.15) is 0 Å². The minimum atomic E-state index is -0.526. The molecule has 0 bridgehead atoms. The maximum atomic E-state index is 12.9. The van der Waals surface area contributed by atoms with Crippen LogP contribution in [0, 0.1) is 0 Å². The summed E-state index contributed by atoms with van der Waals surface area (Å²) in [5, 5.41) is 5.94. The number of amides is 2. The first-order valence-electron chi connectivity index (χ1n) is 11.1. The first-order valence-corrected chi connectivity index (χ1v) is 12.2. The van der Waals surface area contributed by atoms with Crippen LogP contribution in [0.5, 0.6) is 0 Å². The Kier molecular flexibility index (Phi) is 9.21. The fraction of sp³-hybridized carbons (Fsp3) is 0.458. The number of carbonyl (C=O) groups is 2. The molecule has 0 spiro atoms. The number of rotatable bonds is 11. The van der Waals surface area contributed by atoms with Crippen LogP contribution in [-0.2, 0) is 15.3 Å². The van der Waals surface area contributed by atoms with Gasteiger partial charge in [0.25, 0.3) is 0 Å². The van der Waals surface area contributed by atoms with Gasteiger partial charge in [0, 0.05) is 42.6 Å². The van der Waals surface area contributed by atoms with E-state index in [0.29, 0.717) is 12.2 Å². The zero-order valence-corrected chi connectivity index (χ0v) is 19.0. The molecule has 1 aliphatic heterocycles. The minimum absolute atomic E-state index is 0.115. The summed E-state index contributed by atoms with van der Waals surface area (Å²) in [4.78, 5) is 31.8. The number of hydrogen-bond acceptors (Lipinski definition) is 5. The van der Waals surface area contributed by atoms with Crippen molar-refractivity contribution >= 4 is 35.0 Å². The number of nitrogens with zero attached hydrogens (tertiary/aromatic N) is 2. The molecule has 2 amide bonds. The van der Waals surface area contributed by atoms with E-state index in [1.54, 1.807) is 12.4 Å². The van der Waals surface area contributed by atoms with Crippen LogP contribution in [0.2, 0.25) is 0 Å². The summed E-state index contributed by atoms with van der Waals surface area (Å²) < 4.78 is 0. The molecule has 2 N–H and O–H groups in total. The lowest BCUT2D eigenvalue weighted by Crippen LogP contribution is -2.44. The van der Waals surface area contributed by atoms with Gasteiger partial charge in [-0.1, -0.05) is 31.9 Å². The van der Waals surface area contributed by atoms with E-state index in [0.717, 1.165) is 48.6 Å². The molecule has 6 nitrogen and oxygen atoms in total. The number of thioether (sulfide) groups is 1. The third kappa shape index (κ3) is 7.58. The molecule has 2 aromatic rings. The standard InChI is InChI=1S/C24H32N4O2S/c1-2-3-11-22(27-23(29)18-31-17-19-8-7-12-25-16-19)24(30)26-20-9-6-10-21(15-20)28-13-4-5-14-28/h6-10,12,15-16,22H,2-5,11,13-14,17-18H2,1H3,(H,26,30)(H,27,29). The molecule has 1 fully saturated rings. The van der Waals surface area contributed by atoms with Crippen molar-refractivity contribution in [3.63, 3.8) is 0 Å². The Balaban J connectivity index is 1.53. The molecule has 1 aromatic heterocycles. The minimum Gasteiger partial charge on any atom is -0.371 e. The van der Waals surface area contributed by atoms with Crippen LogP contribution in [0.1, 0.15) is 44.6 Å². The van der Waals surface area contributed by atoms with Gasteiger partial charge in [-0.05, 0) is 49.1 Å². The highest BCUT2D eigenvalue weighted by Crippen LogP contribution is 2.23. The number of anilines is 2. The average molecular weight is 441 g/mol. The molecule has 1 saturated heterocycles. The number of unbranched alkanes of at least 4 members (excludes halogenated alkanes) is 1. The van der Waals surface area contributed by atoms with Gasteiger partial charge in [0.1, 0.15) is 6.04 Å². The second-order valence-electron chi connectivity index (χ2n) is 7.85. The van der Waals surface area contributed by atoms with Crippen molar-refractivity contribution in [3.8, 4) is 0 Å². The zero-order valence-electron chi connectivity index (χ0n) is 18.2. The molecule has 166 valence electrons. The van der Waals surface area contributed by atoms with Crippen molar-refractivity contribution in [2.45, 2.75) is 50.8 Å². The van der Waals surface area contributed by atoms with Crippen LogP contribution < -0.4 is 15.5 Å². The maximum Gasteiger partial charge on any atom is 0.246 e. The van der Waals surface area contributed by atoms with Crippen LogP contribution >= 0.6 is 11.8 Å². The highest BCUT2D eigenvalue weighted by molar-refractivity contribution is 7.99. The van der Waals surface area contributed by atoms with Crippen molar-refractivity contribution in [2.24, 2.45) is 0 Å². The van der Waals surface area contributed by atoms with Crippen molar-refractivity contribution in [2.75, 3.05) is 29.1 Å². The largest absolute Gasteiger partial charge is 0.371 e. The monoisotopic (exact) mass is 440 g/mol. The van der Waals surface area contributed by atoms with Gasteiger partial charge in [-0.3, -0.25) is 14.6 Å². The Morgan fingerprint density at radius 3 is 2.77 bits per heavy atom.